The lowest BCUT2D eigenvalue weighted by Gasteiger charge is -2.41. The molecule has 0 radical (unpaired) electrons. The summed E-state index contributed by atoms with van der Waals surface area (Å²) >= 11 is 0. The third-order valence-electron chi connectivity index (χ3n) is 5.64. The zero-order valence-corrected chi connectivity index (χ0v) is 17.0. The molecule has 1 aromatic carbocycles. The van der Waals surface area contributed by atoms with Crippen LogP contribution in [0.2, 0.25) is 0 Å². The van der Waals surface area contributed by atoms with Crippen molar-refractivity contribution in [3.8, 4) is 0 Å². The predicted octanol–water partition coefficient (Wildman–Crippen LogP) is 4.43. The van der Waals surface area contributed by atoms with Gasteiger partial charge in [-0.05, 0) is 62.4 Å². The predicted molar refractivity (Wildman–Crippen MR) is 108 cm³/mol. The molecule has 4 N–H and O–H groups in total. The molecule has 9 heteroatoms. The van der Waals surface area contributed by atoms with Crippen LogP contribution in [0.4, 0.5) is 24.7 Å². The summed E-state index contributed by atoms with van der Waals surface area (Å²) in [6.07, 6.45) is -1.33. The number of alkyl halides is 3. The molecule has 160 valence electrons. The van der Waals surface area contributed by atoms with E-state index < -0.39 is 23.4 Å². The topological polar surface area (TPSA) is 88.5 Å². The van der Waals surface area contributed by atoms with Gasteiger partial charge in [0.15, 0.2) is 5.82 Å². The quantitative estimate of drug-likeness (QED) is 0.545. The van der Waals surface area contributed by atoms with Gasteiger partial charge in [0.2, 0.25) is 0 Å². The minimum absolute atomic E-state index is 0.0452. The largest absolute Gasteiger partial charge is 0.416 e. The molecule has 3 aromatic rings. The number of hydrogen-bond donors (Lipinski definition) is 3. The molecule has 2 aromatic heterocycles. The van der Waals surface area contributed by atoms with Crippen molar-refractivity contribution in [3.05, 3.63) is 53.0 Å². The van der Waals surface area contributed by atoms with Crippen molar-refractivity contribution in [2.24, 2.45) is 5.92 Å². The Labute approximate surface area is 171 Å². The third kappa shape index (κ3) is 3.69. The van der Waals surface area contributed by atoms with E-state index in [0.717, 1.165) is 17.7 Å². The Balaban J connectivity index is 1.68. The van der Waals surface area contributed by atoms with Gasteiger partial charge in [0.05, 0.1) is 17.2 Å². The van der Waals surface area contributed by atoms with Crippen molar-refractivity contribution in [3.63, 3.8) is 0 Å². The van der Waals surface area contributed by atoms with Crippen LogP contribution in [0.5, 0.6) is 0 Å². The van der Waals surface area contributed by atoms with Crippen molar-refractivity contribution in [2.45, 2.75) is 51.4 Å². The first-order valence-corrected chi connectivity index (χ1v) is 9.79. The SMILES string of the molecule is Cc1nc(N[C@H](C)c2cc(N)cc(C(F)(F)F)c2)c2cc(C3(O)CC(C)C3)cn2n1. The van der Waals surface area contributed by atoms with Gasteiger partial charge in [-0.2, -0.15) is 18.3 Å². The van der Waals surface area contributed by atoms with Gasteiger partial charge < -0.3 is 16.2 Å². The number of rotatable bonds is 4. The summed E-state index contributed by atoms with van der Waals surface area (Å²) in [6.45, 7) is 5.56. The van der Waals surface area contributed by atoms with Crippen LogP contribution in [-0.2, 0) is 11.8 Å². The number of fused-ring (bicyclic) bond motifs is 1. The number of nitrogens with two attached hydrogens (primary N) is 1. The van der Waals surface area contributed by atoms with E-state index in [4.69, 9.17) is 5.73 Å². The molecule has 0 bridgehead atoms. The number of anilines is 2. The van der Waals surface area contributed by atoms with E-state index in [0.29, 0.717) is 41.5 Å². The van der Waals surface area contributed by atoms with E-state index in [9.17, 15) is 18.3 Å². The van der Waals surface area contributed by atoms with Crippen molar-refractivity contribution in [1.29, 1.82) is 0 Å². The first-order valence-electron chi connectivity index (χ1n) is 9.79. The molecule has 1 aliphatic carbocycles. The van der Waals surface area contributed by atoms with Gasteiger partial charge in [-0.1, -0.05) is 6.92 Å². The summed E-state index contributed by atoms with van der Waals surface area (Å²) in [6, 6.07) is 4.86. The number of aryl methyl sites for hydroxylation is 1. The van der Waals surface area contributed by atoms with Gasteiger partial charge in [-0.25, -0.2) is 9.50 Å². The number of nitrogens with zero attached hydrogens (tertiary/aromatic N) is 3. The summed E-state index contributed by atoms with van der Waals surface area (Å²) in [5, 5.41) is 18.4. The van der Waals surface area contributed by atoms with E-state index in [1.165, 1.54) is 6.07 Å². The molecule has 2 heterocycles. The molecule has 1 saturated carbocycles. The third-order valence-corrected chi connectivity index (χ3v) is 5.64. The maximum atomic E-state index is 13.2. The maximum absolute atomic E-state index is 13.2. The molecule has 0 aliphatic heterocycles. The highest BCUT2D eigenvalue weighted by Crippen LogP contribution is 2.46. The second kappa shape index (κ2) is 6.87. The molecule has 30 heavy (non-hydrogen) atoms. The Hall–Kier alpha value is -2.81. The molecule has 0 amide bonds. The molecule has 1 aliphatic rings. The van der Waals surface area contributed by atoms with Gasteiger partial charge in [-0.15, -0.1) is 0 Å². The van der Waals surface area contributed by atoms with Crippen LogP contribution < -0.4 is 11.1 Å². The average molecular weight is 419 g/mol. The Bertz CT molecular complexity index is 1100. The second-order valence-electron chi connectivity index (χ2n) is 8.36. The summed E-state index contributed by atoms with van der Waals surface area (Å²) in [5.74, 6) is 1.43. The maximum Gasteiger partial charge on any atom is 0.416 e. The van der Waals surface area contributed by atoms with Crippen LogP contribution in [0.15, 0.2) is 30.5 Å². The second-order valence-corrected chi connectivity index (χ2v) is 8.36. The van der Waals surface area contributed by atoms with Crippen LogP contribution in [0, 0.1) is 12.8 Å². The van der Waals surface area contributed by atoms with Crippen molar-refractivity contribution >= 4 is 17.0 Å². The molecule has 1 fully saturated rings. The Morgan fingerprint density at radius 1 is 1.27 bits per heavy atom. The summed E-state index contributed by atoms with van der Waals surface area (Å²) < 4.78 is 41.1. The zero-order chi connectivity index (χ0) is 21.8. The minimum Gasteiger partial charge on any atom is -0.399 e. The number of benzene rings is 1. The molecule has 0 unspecified atom stereocenters. The first kappa shape index (κ1) is 20.5. The van der Waals surface area contributed by atoms with Gasteiger partial charge in [0, 0.05) is 17.4 Å². The lowest BCUT2D eigenvalue weighted by molar-refractivity contribution is -0.137. The molecule has 0 spiro atoms. The highest BCUT2D eigenvalue weighted by atomic mass is 19.4. The average Bonchev–Trinajstić information content (AvgIpc) is 3.03. The van der Waals surface area contributed by atoms with Crippen LogP contribution in [0.3, 0.4) is 0 Å². The summed E-state index contributed by atoms with van der Waals surface area (Å²) in [7, 11) is 0. The number of halogens is 3. The smallest absolute Gasteiger partial charge is 0.399 e. The number of aromatic nitrogens is 3. The lowest BCUT2D eigenvalue weighted by Crippen LogP contribution is -2.39. The molecular formula is C21H24F3N5O. The number of hydrogen-bond acceptors (Lipinski definition) is 5. The minimum atomic E-state index is -4.48. The number of nitrogens with one attached hydrogen (secondary N) is 1. The first-order chi connectivity index (χ1) is 13.9. The molecule has 4 rings (SSSR count). The normalized spacial score (nSPS) is 22.7. The number of aliphatic hydroxyl groups is 1. The lowest BCUT2D eigenvalue weighted by atomic mass is 9.69. The Morgan fingerprint density at radius 2 is 1.97 bits per heavy atom. The van der Waals surface area contributed by atoms with Crippen molar-refractivity contribution in [1.82, 2.24) is 14.6 Å². The van der Waals surface area contributed by atoms with E-state index >= 15 is 0 Å². The van der Waals surface area contributed by atoms with Gasteiger partial charge in [-0.3, -0.25) is 0 Å². The standard InChI is InChI=1S/C21H24F3N5O/c1-11-8-20(30,9-11)16-7-18-19(27-13(3)28-29(18)10-16)26-12(2)14-4-15(21(22,23)24)6-17(25)5-14/h4-7,10-12,30H,8-9,25H2,1-3H3,(H,26,27,28)/t11?,12-,20?/m1/s1. The summed E-state index contributed by atoms with van der Waals surface area (Å²) in [4.78, 5) is 4.44. The highest BCUT2D eigenvalue weighted by Gasteiger charge is 2.42. The Morgan fingerprint density at radius 3 is 2.60 bits per heavy atom. The van der Waals surface area contributed by atoms with Crippen molar-refractivity contribution < 1.29 is 18.3 Å². The monoisotopic (exact) mass is 419 g/mol. The highest BCUT2D eigenvalue weighted by molar-refractivity contribution is 5.70. The van der Waals surface area contributed by atoms with E-state index in [2.05, 4.69) is 22.3 Å². The fourth-order valence-corrected chi connectivity index (χ4v) is 4.18. The molecule has 6 nitrogen and oxygen atoms in total. The fourth-order valence-electron chi connectivity index (χ4n) is 4.18. The zero-order valence-electron chi connectivity index (χ0n) is 17.0. The molecular weight excluding hydrogens is 395 g/mol. The Kier molecular flexibility index (Phi) is 4.68. The van der Waals surface area contributed by atoms with E-state index in [1.54, 1.807) is 24.6 Å². The van der Waals surface area contributed by atoms with Crippen LogP contribution in [0.1, 0.15) is 55.2 Å². The molecule has 1 atom stereocenters. The fraction of sp³-hybridized carbons (Fsp3) is 0.429. The van der Waals surface area contributed by atoms with Crippen LogP contribution >= 0.6 is 0 Å². The van der Waals surface area contributed by atoms with Gasteiger partial charge in [0.25, 0.3) is 0 Å². The van der Waals surface area contributed by atoms with E-state index in [1.807, 2.05) is 6.07 Å². The van der Waals surface area contributed by atoms with Crippen LogP contribution in [0.25, 0.3) is 5.52 Å². The van der Waals surface area contributed by atoms with Crippen molar-refractivity contribution in [2.75, 3.05) is 11.1 Å². The summed E-state index contributed by atoms with van der Waals surface area (Å²) in [5.41, 5.74) is 5.89. The van der Waals surface area contributed by atoms with Gasteiger partial charge in [0.1, 0.15) is 11.3 Å². The molecule has 0 saturated heterocycles. The van der Waals surface area contributed by atoms with Crippen LogP contribution in [-0.4, -0.2) is 19.7 Å². The number of nitrogen functional groups attached to an aromatic ring is 1. The van der Waals surface area contributed by atoms with E-state index in [-0.39, 0.29) is 5.69 Å². The van der Waals surface area contributed by atoms with Gasteiger partial charge >= 0.3 is 6.18 Å².